The van der Waals surface area contributed by atoms with Crippen LogP contribution in [0.2, 0.25) is 0 Å². The Morgan fingerprint density at radius 1 is 1.23 bits per heavy atom. The molecule has 3 rings (SSSR count). The van der Waals surface area contributed by atoms with Gasteiger partial charge in [-0.25, -0.2) is 9.97 Å². The van der Waals surface area contributed by atoms with Crippen molar-refractivity contribution in [1.29, 1.82) is 0 Å². The maximum absolute atomic E-state index is 12.6. The second-order valence-corrected chi connectivity index (χ2v) is 6.36. The van der Waals surface area contributed by atoms with E-state index in [1.54, 1.807) is 32.6 Å². The Balaban J connectivity index is 1.82. The molecule has 0 spiro atoms. The summed E-state index contributed by atoms with van der Waals surface area (Å²) in [7, 11) is 1.65. The first-order valence-electron chi connectivity index (χ1n) is 8.36. The van der Waals surface area contributed by atoms with E-state index in [2.05, 4.69) is 9.97 Å². The molecule has 7 heteroatoms. The van der Waals surface area contributed by atoms with Gasteiger partial charge in [0.15, 0.2) is 5.65 Å². The highest BCUT2D eigenvalue weighted by Gasteiger charge is 2.20. The minimum Gasteiger partial charge on any atom is -0.370 e. The van der Waals surface area contributed by atoms with Crippen LogP contribution in [0.5, 0.6) is 0 Å². The number of rotatable bonds is 6. The number of pyridine rings is 1. The molecule has 2 N–H and O–H groups in total. The van der Waals surface area contributed by atoms with Crippen LogP contribution >= 0.6 is 0 Å². The Morgan fingerprint density at radius 2 is 1.96 bits per heavy atom. The number of primary amides is 1. The molecule has 1 unspecified atom stereocenters. The molecule has 0 saturated heterocycles. The van der Waals surface area contributed by atoms with E-state index in [0.717, 1.165) is 11.2 Å². The van der Waals surface area contributed by atoms with Gasteiger partial charge in [0.1, 0.15) is 5.52 Å². The Labute approximate surface area is 151 Å². The average Bonchev–Trinajstić information content (AvgIpc) is 3.03. The molecule has 0 fully saturated rings. The molecule has 2 amide bonds. The van der Waals surface area contributed by atoms with Crippen LogP contribution in [0.25, 0.3) is 11.2 Å². The number of fused-ring (bicyclic) bond motifs is 1. The van der Waals surface area contributed by atoms with Gasteiger partial charge < -0.3 is 15.2 Å². The van der Waals surface area contributed by atoms with E-state index in [1.165, 1.54) is 4.90 Å². The number of aromatic nitrogens is 3. The number of amides is 2. The van der Waals surface area contributed by atoms with Gasteiger partial charge in [-0.05, 0) is 18.6 Å². The van der Waals surface area contributed by atoms with E-state index in [-0.39, 0.29) is 18.4 Å². The molecule has 0 radical (unpaired) electrons. The summed E-state index contributed by atoms with van der Waals surface area (Å²) in [5, 5.41) is 0. The Hall–Kier alpha value is -3.22. The molecule has 1 aromatic carbocycles. The Kier molecular flexibility index (Phi) is 4.97. The summed E-state index contributed by atoms with van der Waals surface area (Å²) in [5.74, 6) is -0.656. The largest absolute Gasteiger partial charge is 0.370 e. The van der Waals surface area contributed by atoms with Gasteiger partial charge in [-0.3, -0.25) is 9.59 Å². The molecule has 0 saturated carbocycles. The van der Waals surface area contributed by atoms with Crippen molar-refractivity contribution in [1.82, 2.24) is 19.4 Å². The van der Waals surface area contributed by atoms with Crippen molar-refractivity contribution in [3.63, 3.8) is 0 Å². The third-order valence-electron chi connectivity index (χ3n) is 4.38. The van der Waals surface area contributed by atoms with Crippen LogP contribution in [0.3, 0.4) is 0 Å². The predicted octanol–water partition coefficient (Wildman–Crippen LogP) is 1.82. The number of imidazole rings is 1. The zero-order valence-electron chi connectivity index (χ0n) is 14.8. The standard InChI is InChI=1S/C19H21N5O2/c1-13(8-17(20)25)23(2)19(26)15-9-16-18(21-10-15)24(12-22-16)11-14-6-4-3-5-7-14/h3-7,9-10,12-13H,8,11H2,1-2H3,(H2,20,25). The minimum atomic E-state index is -0.439. The molecule has 2 aromatic heterocycles. The third-order valence-corrected chi connectivity index (χ3v) is 4.38. The molecular formula is C19H21N5O2. The van der Waals surface area contributed by atoms with E-state index < -0.39 is 5.91 Å². The van der Waals surface area contributed by atoms with Gasteiger partial charge in [0.25, 0.3) is 5.91 Å². The van der Waals surface area contributed by atoms with Gasteiger partial charge in [-0.15, -0.1) is 0 Å². The normalized spacial score (nSPS) is 12.1. The van der Waals surface area contributed by atoms with Gasteiger partial charge >= 0.3 is 0 Å². The van der Waals surface area contributed by atoms with Crippen LogP contribution in [0.4, 0.5) is 0 Å². The number of nitrogens with zero attached hydrogens (tertiary/aromatic N) is 4. The summed E-state index contributed by atoms with van der Waals surface area (Å²) in [6.07, 6.45) is 3.38. The lowest BCUT2D eigenvalue weighted by Crippen LogP contribution is -2.37. The number of hydrogen-bond donors (Lipinski definition) is 1. The van der Waals surface area contributed by atoms with Crippen molar-refractivity contribution < 1.29 is 9.59 Å². The fourth-order valence-corrected chi connectivity index (χ4v) is 2.79. The quantitative estimate of drug-likeness (QED) is 0.733. The maximum Gasteiger partial charge on any atom is 0.255 e. The predicted molar refractivity (Wildman–Crippen MR) is 98.4 cm³/mol. The van der Waals surface area contributed by atoms with Crippen molar-refractivity contribution >= 4 is 23.0 Å². The highest BCUT2D eigenvalue weighted by atomic mass is 16.2. The van der Waals surface area contributed by atoms with Crippen LogP contribution < -0.4 is 5.73 Å². The molecule has 0 aliphatic heterocycles. The van der Waals surface area contributed by atoms with Crippen molar-refractivity contribution in [2.45, 2.75) is 25.9 Å². The van der Waals surface area contributed by atoms with E-state index in [0.29, 0.717) is 17.6 Å². The van der Waals surface area contributed by atoms with Crippen molar-refractivity contribution in [3.8, 4) is 0 Å². The van der Waals surface area contributed by atoms with E-state index in [1.807, 2.05) is 34.9 Å². The van der Waals surface area contributed by atoms with Crippen LogP contribution in [-0.2, 0) is 11.3 Å². The summed E-state index contributed by atoms with van der Waals surface area (Å²) in [6, 6.07) is 11.5. The van der Waals surface area contributed by atoms with Gasteiger partial charge in [0.05, 0.1) is 18.4 Å². The zero-order chi connectivity index (χ0) is 18.7. The summed E-state index contributed by atoms with van der Waals surface area (Å²) in [5.41, 5.74) is 8.16. The minimum absolute atomic E-state index is 0.115. The number of carbonyl (C=O) groups excluding carboxylic acids is 2. The number of benzene rings is 1. The number of carbonyl (C=O) groups is 2. The molecule has 3 aromatic rings. The van der Waals surface area contributed by atoms with Crippen LogP contribution in [0.1, 0.15) is 29.3 Å². The Bertz CT molecular complexity index is 936. The summed E-state index contributed by atoms with van der Waals surface area (Å²) >= 11 is 0. The average molecular weight is 351 g/mol. The van der Waals surface area contributed by atoms with Crippen LogP contribution in [-0.4, -0.2) is 44.3 Å². The highest BCUT2D eigenvalue weighted by Crippen LogP contribution is 2.16. The fraction of sp³-hybridized carbons (Fsp3) is 0.263. The summed E-state index contributed by atoms with van der Waals surface area (Å²) in [4.78, 5) is 34.0. The maximum atomic E-state index is 12.6. The molecule has 26 heavy (non-hydrogen) atoms. The van der Waals surface area contributed by atoms with Crippen molar-refractivity contribution in [2.75, 3.05) is 7.05 Å². The topological polar surface area (TPSA) is 94.1 Å². The monoisotopic (exact) mass is 351 g/mol. The number of nitrogens with two attached hydrogens (primary N) is 1. The number of hydrogen-bond acceptors (Lipinski definition) is 4. The lowest BCUT2D eigenvalue weighted by molar-refractivity contribution is -0.118. The van der Waals surface area contributed by atoms with E-state index in [4.69, 9.17) is 5.73 Å². The lowest BCUT2D eigenvalue weighted by atomic mass is 10.1. The smallest absolute Gasteiger partial charge is 0.255 e. The first-order valence-corrected chi connectivity index (χ1v) is 8.36. The summed E-state index contributed by atoms with van der Waals surface area (Å²) in [6.45, 7) is 2.44. The molecule has 134 valence electrons. The highest BCUT2D eigenvalue weighted by molar-refractivity contribution is 5.96. The van der Waals surface area contributed by atoms with E-state index >= 15 is 0 Å². The first-order chi connectivity index (χ1) is 12.5. The van der Waals surface area contributed by atoms with E-state index in [9.17, 15) is 9.59 Å². The molecule has 0 aliphatic carbocycles. The fourth-order valence-electron chi connectivity index (χ4n) is 2.79. The third kappa shape index (κ3) is 3.72. The Morgan fingerprint density at radius 3 is 2.65 bits per heavy atom. The molecule has 0 bridgehead atoms. The summed E-state index contributed by atoms with van der Waals surface area (Å²) < 4.78 is 1.94. The van der Waals surface area contributed by atoms with Crippen molar-refractivity contribution in [2.24, 2.45) is 5.73 Å². The second kappa shape index (κ2) is 7.35. The second-order valence-electron chi connectivity index (χ2n) is 6.36. The van der Waals surface area contributed by atoms with Crippen LogP contribution in [0.15, 0.2) is 48.9 Å². The molecule has 1 atom stereocenters. The first kappa shape index (κ1) is 17.6. The van der Waals surface area contributed by atoms with Crippen LogP contribution in [0, 0.1) is 0 Å². The molecule has 0 aliphatic rings. The lowest BCUT2D eigenvalue weighted by Gasteiger charge is -2.23. The molecule has 7 nitrogen and oxygen atoms in total. The zero-order valence-corrected chi connectivity index (χ0v) is 14.8. The van der Waals surface area contributed by atoms with Gasteiger partial charge in [-0.2, -0.15) is 0 Å². The molecule has 2 heterocycles. The van der Waals surface area contributed by atoms with Gasteiger partial charge in [0.2, 0.25) is 5.91 Å². The SMILES string of the molecule is CC(CC(N)=O)N(C)C(=O)c1cnc2c(c1)ncn2Cc1ccccc1. The van der Waals surface area contributed by atoms with Gasteiger partial charge in [0, 0.05) is 25.7 Å². The van der Waals surface area contributed by atoms with Crippen molar-refractivity contribution in [3.05, 3.63) is 60.0 Å². The molecular weight excluding hydrogens is 330 g/mol. The van der Waals surface area contributed by atoms with Gasteiger partial charge in [-0.1, -0.05) is 30.3 Å².